The first-order chi connectivity index (χ1) is 5.77. The van der Waals surface area contributed by atoms with Crippen molar-refractivity contribution in [1.82, 2.24) is 4.98 Å². The Labute approximate surface area is 86.3 Å². The lowest BCUT2D eigenvalue weighted by molar-refractivity contribution is 0.580. The molecular weight excluding hydrogens is 262 g/mol. The molecule has 0 saturated carbocycles. The van der Waals surface area contributed by atoms with Crippen LogP contribution in [-0.2, 0) is 0 Å². The highest BCUT2D eigenvalue weighted by Gasteiger charge is 2.10. The highest BCUT2D eigenvalue weighted by atomic mass is 79.9. The van der Waals surface area contributed by atoms with E-state index in [2.05, 4.69) is 20.9 Å². The number of halogens is 2. The SMILES string of the molecule is Clc1csc(-c2occc2Br)n1. The number of thiazole rings is 1. The Balaban J connectivity index is 2.50. The fraction of sp³-hybridized carbons (Fsp3) is 0. The first-order valence-electron chi connectivity index (χ1n) is 3.12. The Hall–Kier alpha value is -0.320. The van der Waals surface area contributed by atoms with E-state index >= 15 is 0 Å². The van der Waals surface area contributed by atoms with Gasteiger partial charge in [-0.05, 0) is 22.0 Å². The van der Waals surface area contributed by atoms with Crippen molar-refractivity contribution in [2.75, 3.05) is 0 Å². The standard InChI is InChI=1S/C7H3BrClNOS/c8-4-1-2-11-6(4)7-10-5(9)3-12-7/h1-3H. The van der Waals surface area contributed by atoms with Crippen LogP contribution in [-0.4, -0.2) is 4.98 Å². The summed E-state index contributed by atoms with van der Waals surface area (Å²) < 4.78 is 6.10. The predicted octanol–water partition coefficient (Wildman–Crippen LogP) is 3.82. The fourth-order valence-corrected chi connectivity index (χ4v) is 2.27. The lowest BCUT2D eigenvalue weighted by Crippen LogP contribution is -1.70. The molecule has 0 fully saturated rings. The number of furan rings is 1. The molecule has 2 nitrogen and oxygen atoms in total. The molecule has 62 valence electrons. The maximum absolute atomic E-state index is 5.67. The van der Waals surface area contributed by atoms with Gasteiger partial charge in [0.25, 0.3) is 0 Å². The number of nitrogens with zero attached hydrogens (tertiary/aromatic N) is 1. The molecule has 0 spiro atoms. The minimum atomic E-state index is 0.498. The zero-order chi connectivity index (χ0) is 8.55. The monoisotopic (exact) mass is 263 g/mol. The van der Waals surface area contributed by atoms with E-state index in [0.717, 1.165) is 15.2 Å². The predicted molar refractivity (Wildman–Crippen MR) is 52.5 cm³/mol. The van der Waals surface area contributed by atoms with Crippen LogP contribution in [0.25, 0.3) is 10.8 Å². The van der Waals surface area contributed by atoms with Gasteiger partial charge in [-0.1, -0.05) is 11.6 Å². The molecule has 0 amide bonds. The first kappa shape index (κ1) is 8.29. The molecular formula is C7H3BrClNOS. The maximum Gasteiger partial charge on any atom is 0.176 e. The van der Waals surface area contributed by atoms with Crippen molar-refractivity contribution < 1.29 is 4.42 Å². The van der Waals surface area contributed by atoms with Gasteiger partial charge in [-0.15, -0.1) is 11.3 Å². The Bertz CT molecular complexity index is 398. The molecule has 2 heterocycles. The normalized spacial score (nSPS) is 10.5. The van der Waals surface area contributed by atoms with E-state index in [-0.39, 0.29) is 0 Å². The molecule has 2 rings (SSSR count). The van der Waals surface area contributed by atoms with Gasteiger partial charge in [0.15, 0.2) is 10.8 Å². The third-order valence-electron chi connectivity index (χ3n) is 1.29. The molecule has 0 aliphatic carbocycles. The summed E-state index contributed by atoms with van der Waals surface area (Å²) in [7, 11) is 0. The average molecular weight is 265 g/mol. The van der Waals surface area contributed by atoms with Crippen molar-refractivity contribution in [1.29, 1.82) is 0 Å². The van der Waals surface area contributed by atoms with Gasteiger partial charge in [-0.25, -0.2) is 4.98 Å². The molecule has 5 heteroatoms. The second kappa shape index (κ2) is 3.20. The van der Waals surface area contributed by atoms with Crippen LogP contribution < -0.4 is 0 Å². The summed E-state index contributed by atoms with van der Waals surface area (Å²) in [5.74, 6) is 0.729. The number of hydrogen-bond donors (Lipinski definition) is 0. The van der Waals surface area contributed by atoms with Crippen LogP contribution in [0.1, 0.15) is 0 Å². The summed E-state index contributed by atoms with van der Waals surface area (Å²) in [6.45, 7) is 0. The van der Waals surface area contributed by atoms with Crippen LogP contribution in [0.2, 0.25) is 5.15 Å². The van der Waals surface area contributed by atoms with Crippen molar-refractivity contribution in [3.63, 3.8) is 0 Å². The van der Waals surface area contributed by atoms with Gasteiger partial charge in [-0.2, -0.15) is 0 Å². The minimum Gasteiger partial charge on any atom is -0.461 e. The first-order valence-corrected chi connectivity index (χ1v) is 5.17. The Kier molecular flexibility index (Phi) is 2.21. The van der Waals surface area contributed by atoms with Crippen LogP contribution >= 0.6 is 38.9 Å². The molecule has 0 unspecified atom stereocenters. The third kappa shape index (κ3) is 1.42. The van der Waals surface area contributed by atoms with Gasteiger partial charge in [0.05, 0.1) is 10.7 Å². The number of aromatic nitrogens is 1. The Morgan fingerprint density at radius 2 is 2.42 bits per heavy atom. The van der Waals surface area contributed by atoms with Gasteiger partial charge in [0.2, 0.25) is 0 Å². The van der Waals surface area contributed by atoms with Gasteiger partial charge < -0.3 is 4.42 Å². The van der Waals surface area contributed by atoms with Gasteiger partial charge >= 0.3 is 0 Å². The van der Waals surface area contributed by atoms with Gasteiger partial charge in [-0.3, -0.25) is 0 Å². The van der Waals surface area contributed by atoms with Crippen molar-refractivity contribution in [2.45, 2.75) is 0 Å². The van der Waals surface area contributed by atoms with E-state index in [4.69, 9.17) is 16.0 Å². The largest absolute Gasteiger partial charge is 0.461 e. The molecule has 0 radical (unpaired) electrons. The highest BCUT2D eigenvalue weighted by molar-refractivity contribution is 9.10. The summed E-state index contributed by atoms with van der Waals surface area (Å²) in [6.07, 6.45) is 1.61. The van der Waals surface area contributed by atoms with Crippen LogP contribution in [0.3, 0.4) is 0 Å². The van der Waals surface area contributed by atoms with Crippen LogP contribution in [0.15, 0.2) is 26.6 Å². The van der Waals surface area contributed by atoms with Crippen molar-refractivity contribution in [3.8, 4) is 10.8 Å². The van der Waals surface area contributed by atoms with Gasteiger partial charge in [0, 0.05) is 5.38 Å². The Morgan fingerprint density at radius 1 is 1.58 bits per heavy atom. The lowest BCUT2D eigenvalue weighted by Gasteiger charge is -1.88. The third-order valence-corrected chi connectivity index (χ3v) is 3.08. The molecule has 12 heavy (non-hydrogen) atoms. The quantitative estimate of drug-likeness (QED) is 0.782. The molecule has 0 saturated heterocycles. The zero-order valence-corrected chi connectivity index (χ0v) is 8.91. The molecule has 0 aliphatic rings. The summed E-state index contributed by atoms with van der Waals surface area (Å²) in [4.78, 5) is 4.07. The van der Waals surface area contributed by atoms with Crippen LogP contribution in [0.4, 0.5) is 0 Å². The van der Waals surface area contributed by atoms with E-state index in [9.17, 15) is 0 Å². The van der Waals surface area contributed by atoms with E-state index in [1.165, 1.54) is 11.3 Å². The van der Waals surface area contributed by atoms with E-state index < -0.39 is 0 Å². The second-order valence-corrected chi connectivity index (χ2v) is 4.17. The smallest absolute Gasteiger partial charge is 0.176 e. The lowest BCUT2D eigenvalue weighted by atomic mass is 10.5. The highest BCUT2D eigenvalue weighted by Crippen LogP contribution is 2.32. The summed E-state index contributed by atoms with van der Waals surface area (Å²) in [6, 6.07) is 1.82. The second-order valence-electron chi connectivity index (χ2n) is 2.07. The molecule has 0 bridgehead atoms. The van der Waals surface area contributed by atoms with Crippen molar-refractivity contribution in [3.05, 3.63) is 27.3 Å². The van der Waals surface area contributed by atoms with E-state index in [1.54, 1.807) is 11.6 Å². The molecule has 2 aromatic heterocycles. The summed E-state index contributed by atoms with van der Waals surface area (Å²) in [5.41, 5.74) is 0. The fourth-order valence-electron chi connectivity index (χ4n) is 0.805. The zero-order valence-electron chi connectivity index (χ0n) is 5.75. The average Bonchev–Trinajstić information content (AvgIpc) is 2.58. The van der Waals surface area contributed by atoms with Crippen LogP contribution in [0, 0.1) is 0 Å². The molecule has 0 aromatic carbocycles. The molecule has 0 atom stereocenters. The van der Waals surface area contributed by atoms with Gasteiger partial charge in [0.1, 0.15) is 5.15 Å². The minimum absolute atomic E-state index is 0.498. The van der Waals surface area contributed by atoms with Crippen LogP contribution in [0.5, 0.6) is 0 Å². The maximum atomic E-state index is 5.67. The number of hydrogen-bond acceptors (Lipinski definition) is 3. The molecule has 0 N–H and O–H groups in total. The summed E-state index contributed by atoms with van der Waals surface area (Å²) >= 11 is 10.5. The van der Waals surface area contributed by atoms with E-state index in [0.29, 0.717) is 5.15 Å². The molecule has 0 aliphatic heterocycles. The topological polar surface area (TPSA) is 26.0 Å². The van der Waals surface area contributed by atoms with Crippen molar-refractivity contribution in [2.24, 2.45) is 0 Å². The van der Waals surface area contributed by atoms with E-state index in [1.807, 2.05) is 6.07 Å². The molecule has 2 aromatic rings. The Morgan fingerprint density at radius 3 is 2.92 bits per heavy atom. The van der Waals surface area contributed by atoms with Crippen molar-refractivity contribution >= 4 is 38.9 Å². The summed E-state index contributed by atoms with van der Waals surface area (Å²) in [5, 5.41) is 3.06. The number of rotatable bonds is 1.